The summed E-state index contributed by atoms with van der Waals surface area (Å²) in [5, 5.41) is 8.29. The number of aromatic nitrogens is 2. The van der Waals surface area contributed by atoms with Crippen LogP contribution in [0.2, 0.25) is 0 Å². The summed E-state index contributed by atoms with van der Waals surface area (Å²) in [5.41, 5.74) is 1.77. The van der Waals surface area contributed by atoms with E-state index in [-0.39, 0.29) is 23.6 Å². The third kappa shape index (κ3) is 3.57. The Balaban J connectivity index is 1.38. The molecule has 0 saturated carbocycles. The number of carbonyl (C=O) groups excluding carboxylic acids is 1. The highest BCUT2D eigenvalue weighted by molar-refractivity contribution is 7.99. The lowest BCUT2D eigenvalue weighted by Gasteiger charge is -2.37. The first-order chi connectivity index (χ1) is 14.8. The van der Waals surface area contributed by atoms with Gasteiger partial charge in [-0.15, -0.1) is 10.2 Å². The Labute approximate surface area is 176 Å². The van der Waals surface area contributed by atoms with Crippen molar-refractivity contribution in [2.45, 2.75) is 11.3 Å². The number of furan rings is 1. The molecular formula is C22H17N3O4S. The van der Waals surface area contributed by atoms with Crippen molar-refractivity contribution < 1.29 is 18.4 Å². The zero-order valence-corrected chi connectivity index (χ0v) is 16.6. The zero-order valence-electron chi connectivity index (χ0n) is 15.8. The standard InChI is InChI=1S/C22H17N3O4S/c26-20(14-30-22-24-23-21(29-22)19-11-6-12-27-19)25-16-9-4-5-10-18(16)28-13-17(25)15-7-2-1-3-8-15/h1-12,17H,13-14H2/t17-/m0/s1. The van der Waals surface area contributed by atoms with Gasteiger partial charge in [-0.2, -0.15) is 0 Å². The number of carbonyl (C=O) groups is 1. The van der Waals surface area contributed by atoms with Crippen molar-refractivity contribution in [1.29, 1.82) is 0 Å². The number of rotatable bonds is 5. The number of fused-ring (bicyclic) bond motifs is 1. The smallest absolute Gasteiger partial charge is 0.284 e. The van der Waals surface area contributed by atoms with Crippen molar-refractivity contribution in [3.63, 3.8) is 0 Å². The zero-order chi connectivity index (χ0) is 20.3. The lowest BCUT2D eigenvalue weighted by molar-refractivity contribution is -0.117. The number of anilines is 1. The normalized spacial score (nSPS) is 15.5. The van der Waals surface area contributed by atoms with Gasteiger partial charge in [-0.25, -0.2) is 0 Å². The summed E-state index contributed by atoms with van der Waals surface area (Å²) in [5.74, 6) is 1.56. The van der Waals surface area contributed by atoms with Crippen molar-refractivity contribution in [1.82, 2.24) is 10.2 Å². The summed E-state index contributed by atoms with van der Waals surface area (Å²) in [6.45, 7) is 0.390. The Bertz CT molecular complexity index is 1140. The fraction of sp³-hybridized carbons (Fsp3) is 0.136. The predicted molar refractivity (Wildman–Crippen MR) is 111 cm³/mol. The van der Waals surface area contributed by atoms with Gasteiger partial charge in [-0.3, -0.25) is 9.69 Å². The molecule has 2 aromatic heterocycles. The number of amides is 1. The van der Waals surface area contributed by atoms with Gasteiger partial charge in [0.25, 0.3) is 11.1 Å². The number of hydrogen-bond donors (Lipinski definition) is 0. The number of hydrogen-bond acceptors (Lipinski definition) is 7. The summed E-state index contributed by atoms with van der Waals surface area (Å²) in [6, 6.07) is 20.7. The van der Waals surface area contributed by atoms with Crippen LogP contribution < -0.4 is 9.64 Å². The van der Waals surface area contributed by atoms with Crippen LogP contribution in [0, 0.1) is 0 Å². The minimum Gasteiger partial charge on any atom is -0.489 e. The molecule has 1 aliphatic heterocycles. The molecule has 7 nitrogen and oxygen atoms in total. The number of nitrogens with zero attached hydrogens (tertiary/aromatic N) is 3. The van der Waals surface area contributed by atoms with Crippen LogP contribution in [0.1, 0.15) is 11.6 Å². The van der Waals surface area contributed by atoms with E-state index in [1.165, 1.54) is 18.0 Å². The van der Waals surface area contributed by atoms with Crippen molar-refractivity contribution in [3.8, 4) is 17.4 Å². The van der Waals surface area contributed by atoms with E-state index in [1.807, 2.05) is 54.6 Å². The summed E-state index contributed by atoms with van der Waals surface area (Å²) >= 11 is 1.20. The molecule has 1 amide bonds. The molecule has 0 N–H and O–H groups in total. The Morgan fingerprint density at radius 1 is 1.03 bits per heavy atom. The van der Waals surface area contributed by atoms with Gasteiger partial charge in [0.1, 0.15) is 12.4 Å². The lowest BCUT2D eigenvalue weighted by atomic mass is 10.0. The number of thioether (sulfide) groups is 1. The molecule has 30 heavy (non-hydrogen) atoms. The van der Waals surface area contributed by atoms with E-state index in [9.17, 15) is 4.79 Å². The number of para-hydroxylation sites is 2. The molecule has 3 heterocycles. The third-order valence-electron chi connectivity index (χ3n) is 4.74. The first kappa shape index (κ1) is 18.5. The Morgan fingerprint density at radius 3 is 2.70 bits per heavy atom. The lowest BCUT2D eigenvalue weighted by Crippen LogP contribution is -2.42. The second kappa shape index (κ2) is 8.08. The Morgan fingerprint density at radius 2 is 1.87 bits per heavy atom. The van der Waals surface area contributed by atoms with Gasteiger partial charge in [-0.1, -0.05) is 54.2 Å². The minimum atomic E-state index is -0.212. The second-order valence-corrected chi connectivity index (χ2v) is 7.53. The fourth-order valence-corrected chi connectivity index (χ4v) is 4.00. The van der Waals surface area contributed by atoms with Gasteiger partial charge >= 0.3 is 0 Å². The molecule has 1 aliphatic rings. The molecule has 2 aromatic carbocycles. The van der Waals surface area contributed by atoms with Crippen molar-refractivity contribution in [2.75, 3.05) is 17.3 Å². The quantitative estimate of drug-likeness (QED) is 0.438. The van der Waals surface area contributed by atoms with Gasteiger partial charge in [0.05, 0.1) is 23.7 Å². The van der Waals surface area contributed by atoms with E-state index >= 15 is 0 Å². The maximum absolute atomic E-state index is 13.3. The van der Waals surface area contributed by atoms with Crippen molar-refractivity contribution in [2.24, 2.45) is 0 Å². The van der Waals surface area contributed by atoms with Crippen LogP contribution in [-0.2, 0) is 4.79 Å². The van der Waals surface area contributed by atoms with Crippen LogP contribution in [0.25, 0.3) is 11.7 Å². The fourth-order valence-electron chi connectivity index (χ4n) is 3.38. The molecule has 150 valence electrons. The molecule has 1 atom stereocenters. The van der Waals surface area contributed by atoms with Crippen LogP contribution in [0.4, 0.5) is 5.69 Å². The average Bonchev–Trinajstić information content (AvgIpc) is 3.49. The second-order valence-electron chi connectivity index (χ2n) is 6.61. The van der Waals surface area contributed by atoms with Gasteiger partial charge in [0.2, 0.25) is 5.91 Å². The molecule has 0 bridgehead atoms. The first-order valence-corrected chi connectivity index (χ1v) is 10.4. The van der Waals surface area contributed by atoms with E-state index in [1.54, 1.807) is 17.0 Å². The maximum atomic E-state index is 13.3. The first-order valence-electron chi connectivity index (χ1n) is 9.38. The highest BCUT2D eigenvalue weighted by atomic mass is 32.2. The monoisotopic (exact) mass is 419 g/mol. The van der Waals surface area contributed by atoms with E-state index in [2.05, 4.69) is 10.2 Å². The average molecular weight is 419 g/mol. The molecule has 4 aromatic rings. The topological polar surface area (TPSA) is 81.6 Å². The van der Waals surface area contributed by atoms with Crippen LogP contribution in [-0.4, -0.2) is 28.5 Å². The molecule has 0 unspecified atom stereocenters. The summed E-state index contributed by atoms with van der Waals surface area (Å²) in [6.07, 6.45) is 1.54. The molecule has 0 spiro atoms. The summed E-state index contributed by atoms with van der Waals surface area (Å²) < 4.78 is 16.8. The molecule has 0 radical (unpaired) electrons. The van der Waals surface area contributed by atoms with Gasteiger partial charge in [-0.05, 0) is 29.8 Å². The van der Waals surface area contributed by atoms with Gasteiger partial charge in [0, 0.05) is 0 Å². The van der Waals surface area contributed by atoms with Crippen LogP contribution >= 0.6 is 11.8 Å². The van der Waals surface area contributed by atoms with Crippen LogP contribution in [0.5, 0.6) is 5.75 Å². The van der Waals surface area contributed by atoms with Crippen molar-refractivity contribution in [3.05, 3.63) is 78.6 Å². The highest BCUT2D eigenvalue weighted by Gasteiger charge is 2.33. The summed E-state index contributed by atoms with van der Waals surface area (Å²) in [4.78, 5) is 15.1. The number of ether oxygens (including phenoxy) is 1. The largest absolute Gasteiger partial charge is 0.489 e. The molecule has 0 saturated heterocycles. The van der Waals surface area contributed by atoms with Crippen LogP contribution in [0.15, 0.2) is 87.1 Å². The van der Waals surface area contributed by atoms with Crippen molar-refractivity contribution >= 4 is 23.4 Å². The van der Waals surface area contributed by atoms with Gasteiger partial charge < -0.3 is 13.6 Å². The molecule has 5 rings (SSSR count). The van der Waals surface area contributed by atoms with E-state index in [4.69, 9.17) is 13.6 Å². The molecule has 8 heteroatoms. The third-order valence-corrected chi connectivity index (χ3v) is 5.55. The van der Waals surface area contributed by atoms with Crippen LogP contribution in [0.3, 0.4) is 0 Å². The molecular weight excluding hydrogens is 402 g/mol. The van der Waals surface area contributed by atoms with E-state index < -0.39 is 0 Å². The summed E-state index contributed by atoms with van der Waals surface area (Å²) in [7, 11) is 0. The SMILES string of the molecule is O=C(CSc1nnc(-c2ccco2)o1)N1c2ccccc2OC[C@H]1c1ccccc1. The minimum absolute atomic E-state index is 0.0673. The highest BCUT2D eigenvalue weighted by Crippen LogP contribution is 2.39. The van der Waals surface area contributed by atoms with Gasteiger partial charge in [0.15, 0.2) is 5.76 Å². The maximum Gasteiger partial charge on any atom is 0.284 e. The Hall–Kier alpha value is -3.52. The Kier molecular flexibility index (Phi) is 4.98. The molecule has 0 fully saturated rings. The van der Waals surface area contributed by atoms with E-state index in [0.717, 1.165) is 11.3 Å². The predicted octanol–water partition coefficient (Wildman–Crippen LogP) is 4.59. The number of benzene rings is 2. The van der Waals surface area contributed by atoms with E-state index in [0.29, 0.717) is 23.3 Å². The molecule has 0 aliphatic carbocycles.